The molecule has 0 unspecified atom stereocenters. The molecule has 0 atom stereocenters. The van der Waals surface area contributed by atoms with Crippen LogP contribution in [0.25, 0.3) is 10.8 Å². The van der Waals surface area contributed by atoms with Gasteiger partial charge in [-0.15, -0.1) is 0 Å². The molecule has 0 radical (unpaired) electrons. The second-order valence-corrected chi connectivity index (χ2v) is 4.14. The minimum absolute atomic E-state index is 0.389. The summed E-state index contributed by atoms with van der Waals surface area (Å²) in [5.74, 6) is 0. The van der Waals surface area contributed by atoms with Gasteiger partial charge in [0, 0.05) is 5.39 Å². The monoisotopic (exact) mass is 243 g/mol. The Morgan fingerprint density at radius 2 is 1.94 bits per heavy atom. The predicted molar refractivity (Wildman–Crippen MR) is 73.8 cm³/mol. The molecule has 1 N–H and O–H groups in total. The van der Waals surface area contributed by atoms with Crippen molar-refractivity contribution in [1.29, 1.82) is 0 Å². The number of ether oxygens (including phenoxy) is 1. The predicted octanol–water partition coefficient (Wildman–Crippen LogP) is 4.19. The van der Waals surface area contributed by atoms with Crippen LogP contribution in [-0.4, -0.2) is 12.7 Å². The molecule has 2 aromatic carbocycles. The summed E-state index contributed by atoms with van der Waals surface area (Å²) < 4.78 is 5.09. The van der Waals surface area contributed by atoms with E-state index in [4.69, 9.17) is 4.74 Å². The third-order valence-electron chi connectivity index (χ3n) is 2.76. The lowest BCUT2D eigenvalue weighted by Crippen LogP contribution is -2.14. The number of carbonyl (C=O) groups excluding carboxylic acids is 1. The molecule has 0 aliphatic rings. The average Bonchev–Trinajstić information content (AvgIpc) is 2.39. The van der Waals surface area contributed by atoms with E-state index >= 15 is 0 Å². The minimum Gasteiger partial charge on any atom is -0.449 e. The average molecular weight is 243 g/mol. The van der Waals surface area contributed by atoms with Gasteiger partial charge in [-0.2, -0.15) is 0 Å². The third-order valence-corrected chi connectivity index (χ3v) is 2.76. The van der Waals surface area contributed by atoms with E-state index in [1.807, 2.05) is 42.5 Å². The Labute approximate surface area is 107 Å². The molecule has 0 saturated carbocycles. The summed E-state index contributed by atoms with van der Waals surface area (Å²) in [4.78, 5) is 11.6. The fraction of sp³-hybridized carbons (Fsp3) is 0.267. The molecular formula is C15H17NO2. The first-order valence-corrected chi connectivity index (χ1v) is 6.23. The highest BCUT2D eigenvalue weighted by Crippen LogP contribution is 2.22. The molecule has 0 heterocycles. The Morgan fingerprint density at radius 3 is 2.78 bits per heavy atom. The molecule has 0 spiro atoms. The van der Waals surface area contributed by atoms with E-state index < -0.39 is 0 Å². The van der Waals surface area contributed by atoms with Crippen LogP contribution < -0.4 is 5.32 Å². The zero-order valence-corrected chi connectivity index (χ0v) is 10.5. The van der Waals surface area contributed by atoms with Crippen molar-refractivity contribution < 1.29 is 9.53 Å². The number of anilines is 1. The van der Waals surface area contributed by atoms with Gasteiger partial charge in [-0.1, -0.05) is 49.7 Å². The molecule has 0 aromatic heterocycles. The normalized spacial score (nSPS) is 10.3. The molecule has 94 valence electrons. The van der Waals surface area contributed by atoms with Gasteiger partial charge in [-0.3, -0.25) is 5.32 Å². The van der Waals surface area contributed by atoms with Gasteiger partial charge in [0.05, 0.1) is 12.3 Å². The Balaban J connectivity index is 2.09. The van der Waals surface area contributed by atoms with E-state index in [9.17, 15) is 4.79 Å². The van der Waals surface area contributed by atoms with Gasteiger partial charge in [-0.05, 0) is 17.9 Å². The lowest BCUT2D eigenvalue weighted by atomic mass is 10.1. The van der Waals surface area contributed by atoms with Crippen LogP contribution in [0.4, 0.5) is 10.5 Å². The zero-order valence-electron chi connectivity index (χ0n) is 10.5. The zero-order chi connectivity index (χ0) is 12.8. The summed E-state index contributed by atoms with van der Waals surface area (Å²) in [5, 5.41) is 4.90. The van der Waals surface area contributed by atoms with Crippen LogP contribution in [0.1, 0.15) is 19.8 Å². The van der Waals surface area contributed by atoms with E-state index in [2.05, 4.69) is 12.2 Å². The molecule has 2 rings (SSSR count). The van der Waals surface area contributed by atoms with Crippen molar-refractivity contribution >= 4 is 22.6 Å². The SMILES string of the molecule is CCCCOC(=O)Nc1cccc2ccccc12. The van der Waals surface area contributed by atoms with Gasteiger partial charge < -0.3 is 4.74 Å². The maximum Gasteiger partial charge on any atom is 0.411 e. The van der Waals surface area contributed by atoms with Crippen molar-refractivity contribution in [3.05, 3.63) is 42.5 Å². The summed E-state index contributed by atoms with van der Waals surface area (Å²) in [5.41, 5.74) is 0.787. The van der Waals surface area contributed by atoms with Crippen LogP contribution in [0.5, 0.6) is 0 Å². The van der Waals surface area contributed by atoms with Gasteiger partial charge in [-0.25, -0.2) is 4.79 Å². The number of fused-ring (bicyclic) bond motifs is 1. The topological polar surface area (TPSA) is 38.3 Å². The van der Waals surface area contributed by atoms with Crippen LogP contribution in [0.2, 0.25) is 0 Å². The van der Waals surface area contributed by atoms with Gasteiger partial charge in [0.15, 0.2) is 0 Å². The Hall–Kier alpha value is -2.03. The molecule has 3 heteroatoms. The number of hydrogen-bond acceptors (Lipinski definition) is 2. The van der Waals surface area contributed by atoms with Gasteiger partial charge >= 0.3 is 6.09 Å². The smallest absolute Gasteiger partial charge is 0.411 e. The highest BCUT2D eigenvalue weighted by atomic mass is 16.5. The van der Waals surface area contributed by atoms with E-state index in [0.717, 1.165) is 29.3 Å². The summed E-state index contributed by atoms with van der Waals surface area (Å²) in [6.45, 7) is 2.53. The van der Waals surface area contributed by atoms with Crippen molar-refractivity contribution in [3.8, 4) is 0 Å². The summed E-state index contributed by atoms with van der Waals surface area (Å²) in [6, 6.07) is 13.7. The Kier molecular flexibility index (Phi) is 4.18. The van der Waals surface area contributed by atoms with Crippen molar-refractivity contribution in [2.24, 2.45) is 0 Å². The van der Waals surface area contributed by atoms with Gasteiger partial charge in [0.1, 0.15) is 0 Å². The fourth-order valence-corrected chi connectivity index (χ4v) is 1.79. The van der Waals surface area contributed by atoms with E-state index in [0.29, 0.717) is 6.61 Å². The van der Waals surface area contributed by atoms with E-state index in [-0.39, 0.29) is 6.09 Å². The quantitative estimate of drug-likeness (QED) is 0.818. The first-order valence-electron chi connectivity index (χ1n) is 6.23. The first kappa shape index (κ1) is 12.4. The lowest BCUT2D eigenvalue weighted by Gasteiger charge is -2.09. The van der Waals surface area contributed by atoms with Crippen LogP contribution in [0.3, 0.4) is 0 Å². The van der Waals surface area contributed by atoms with Crippen LogP contribution >= 0.6 is 0 Å². The molecule has 0 saturated heterocycles. The van der Waals surface area contributed by atoms with Crippen LogP contribution in [0, 0.1) is 0 Å². The minimum atomic E-state index is -0.389. The molecular weight excluding hydrogens is 226 g/mol. The molecule has 0 bridgehead atoms. The number of unbranched alkanes of at least 4 members (excludes halogenated alkanes) is 1. The summed E-state index contributed by atoms with van der Waals surface area (Å²) >= 11 is 0. The van der Waals surface area contributed by atoms with Crippen LogP contribution in [0.15, 0.2) is 42.5 Å². The van der Waals surface area contributed by atoms with Crippen molar-refractivity contribution in [1.82, 2.24) is 0 Å². The molecule has 18 heavy (non-hydrogen) atoms. The second-order valence-electron chi connectivity index (χ2n) is 4.14. The first-order chi connectivity index (χ1) is 8.81. The number of rotatable bonds is 4. The molecule has 0 aliphatic heterocycles. The molecule has 0 aliphatic carbocycles. The third kappa shape index (κ3) is 3.00. The largest absolute Gasteiger partial charge is 0.449 e. The number of carbonyl (C=O) groups is 1. The van der Waals surface area contributed by atoms with E-state index in [1.165, 1.54) is 0 Å². The van der Waals surface area contributed by atoms with Gasteiger partial charge in [0.2, 0.25) is 0 Å². The Bertz CT molecular complexity index is 532. The molecule has 1 amide bonds. The van der Waals surface area contributed by atoms with Gasteiger partial charge in [0.25, 0.3) is 0 Å². The number of hydrogen-bond donors (Lipinski definition) is 1. The standard InChI is InChI=1S/C15H17NO2/c1-2-3-11-18-15(17)16-14-10-6-8-12-7-4-5-9-13(12)14/h4-10H,2-3,11H2,1H3,(H,16,17). The van der Waals surface area contributed by atoms with Crippen molar-refractivity contribution in [2.75, 3.05) is 11.9 Å². The second kappa shape index (κ2) is 6.05. The maximum atomic E-state index is 11.6. The Morgan fingerprint density at radius 1 is 1.17 bits per heavy atom. The number of nitrogens with one attached hydrogen (secondary N) is 1. The van der Waals surface area contributed by atoms with E-state index in [1.54, 1.807) is 0 Å². The number of amides is 1. The maximum absolute atomic E-state index is 11.6. The fourth-order valence-electron chi connectivity index (χ4n) is 1.79. The van der Waals surface area contributed by atoms with Crippen molar-refractivity contribution in [2.45, 2.75) is 19.8 Å². The van der Waals surface area contributed by atoms with Crippen molar-refractivity contribution in [3.63, 3.8) is 0 Å². The highest BCUT2D eigenvalue weighted by Gasteiger charge is 2.05. The summed E-state index contributed by atoms with van der Waals surface area (Å²) in [7, 11) is 0. The molecule has 3 nitrogen and oxygen atoms in total. The summed E-state index contributed by atoms with van der Waals surface area (Å²) in [6.07, 6.45) is 1.52. The molecule has 0 fully saturated rings. The van der Waals surface area contributed by atoms with Crippen LogP contribution in [-0.2, 0) is 4.74 Å². The number of benzene rings is 2. The lowest BCUT2D eigenvalue weighted by molar-refractivity contribution is 0.160. The highest BCUT2D eigenvalue weighted by molar-refractivity contribution is 6.00. The molecule has 2 aromatic rings.